The molecule has 1 aliphatic rings. The van der Waals surface area contributed by atoms with Crippen molar-refractivity contribution in [3.8, 4) is 0 Å². The summed E-state index contributed by atoms with van der Waals surface area (Å²) in [5, 5.41) is 0. The van der Waals surface area contributed by atoms with Gasteiger partial charge in [0.2, 0.25) is 0 Å². The van der Waals surface area contributed by atoms with Gasteiger partial charge in [0.25, 0.3) is 0 Å². The second-order valence-electron chi connectivity index (χ2n) is 3.12. The van der Waals surface area contributed by atoms with Gasteiger partial charge >= 0.3 is 0 Å². The molecule has 0 aromatic carbocycles. The second-order valence-corrected chi connectivity index (χ2v) is 3.12. The van der Waals surface area contributed by atoms with Gasteiger partial charge in [-0.2, -0.15) is 0 Å². The van der Waals surface area contributed by atoms with E-state index in [1.54, 1.807) is 0 Å². The van der Waals surface area contributed by atoms with Crippen LogP contribution in [0.4, 0.5) is 0 Å². The molecule has 0 unspecified atom stereocenters. The minimum atomic E-state index is 0.684. The first kappa shape index (κ1) is 8.60. The molecular weight excluding hydrogens is 138 g/mol. The SMILES string of the molecule is C=COCN1CCCC[C@H]1C. The van der Waals surface area contributed by atoms with Crippen LogP contribution in [0.2, 0.25) is 0 Å². The maximum absolute atomic E-state index is 5.13. The summed E-state index contributed by atoms with van der Waals surface area (Å²) < 4.78 is 5.13. The summed E-state index contributed by atoms with van der Waals surface area (Å²) in [6, 6.07) is 0.684. The Hall–Kier alpha value is -0.500. The van der Waals surface area contributed by atoms with Gasteiger partial charge in [-0.3, -0.25) is 4.90 Å². The van der Waals surface area contributed by atoms with Gasteiger partial charge in [0.05, 0.1) is 6.26 Å². The van der Waals surface area contributed by atoms with Crippen molar-refractivity contribution < 1.29 is 4.74 Å². The molecule has 0 spiro atoms. The monoisotopic (exact) mass is 155 g/mol. The van der Waals surface area contributed by atoms with Gasteiger partial charge in [-0.05, 0) is 19.8 Å². The molecule has 0 N–H and O–H groups in total. The number of rotatable bonds is 3. The first-order valence-corrected chi connectivity index (χ1v) is 4.31. The normalized spacial score (nSPS) is 26.5. The predicted octanol–water partition coefficient (Wildman–Crippen LogP) is 1.98. The number of piperidine rings is 1. The maximum atomic E-state index is 5.13. The van der Waals surface area contributed by atoms with Crippen LogP contribution in [0.5, 0.6) is 0 Å². The molecule has 0 aromatic rings. The van der Waals surface area contributed by atoms with E-state index in [9.17, 15) is 0 Å². The first-order valence-electron chi connectivity index (χ1n) is 4.31. The highest BCUT2D eigenvalue weighted by atomic mass is 16.5. The van der Waals surface area contributed by atoms with Crippen LogP contribution >= 0.6 is 0 Å². The zero-order valence-electron chi connectivity index (χ0n) is 7.25. The first-order chi connectivity index (χ1) is 5.34. The highest BCUT2D eigenvalue weighted by Gasteiger charge is 2.17. The highest BCUT2D eigenvalue weighted by Crippen LogP contribution is 2.15. The zero-order valence-corrected chi connectivity index (χ0v) is 7.25. The Balaban J connectivity index is 2.23. The molecule has 1 saturated heterocycles. The number of hydrogen-bond donors (Lipinski definition) is 0. The van der Waals surface area contributed by atoms with Crippen molar-refractivity contribution in [2.75, 3.05) is 13.3 Å². The topological polar surface area (TPSA) is 12.5 Å². The van der Waals surface area contributed by atoms with E-state index in [1.807, 2.05) is 0 Å². The van der Waals surface area contributed by atoms with E-state index < -0.39 is 0 Å². The second kappa shape index (κ2) is 4.39. The standard InChI is InChI=1S/C9H17NO/c1-3-11-8-10-7-5-4-6-9(10)2/h3,9H,1,4-8H2,2H3/t9-/m1/s1. The molecule has 11 heavy (non-hydrogen) atoms. The van der Waals surface area contributed by atoms with Crippen molar-refractivity contribution in [2.24, 2.45) is 0 Å². The molecule has 64 valence electrons. The Kier molecular flexibility index (Phi) is 3.43. The molecule has 1 aliphatic heterocycles. The van der Waals surface area contributed by atoms with Crippen molar-refractivity contribution >= 4 is 0 Å². The van der Waals surface area contributed by atoms with E-state index >= 15 is 0 Å². The fourth-order valence-electron chi connectivity index (χ4n) is 1.50. The lowest BCUT2D eigenvalue weighted by Gasteiger charge is -2.32. The lowest BCUT2D eigenvalue weighted by atomic mass is 10.1. The van der Waals surface area contributed by atoms with Gasteiger partial charge in [-0.25, -0.2) is 0 Å². The quantitative estimate of drug-likeness (QED) is 0.578. The summed E-state index contributed by atoms with van der Waals surface area (Å²) in [6.07, 6.45) is 5.50. The van der Waals surface area contributed by atoms with E-state index in [1.165, 1.54) is 32.1 Å². The highest BCUT2D eigenvalue weighted by molar-refractivity contribution is 4.70. The average molecular weight is 155 g/mol. The summed E-state index contributed by atoms with van der Waals surface area (Å²) in [6.45, 7) is 7.67. The summed E-state index contributed by atoms with van der Waals surface area (Å²) in [4.78, 5) is 2.35. The largest absolute Gasteiger partial charge is 0.486 e. The van der Waals surface area contributed by atoms with Crippen molar-refractivity contribution in [1.29, 1.82) is 0 Å². The number of likely N-dealkylation sites (tertiary alicyclic amines) is 1. The zero-order chi connectivity index (χ0) is 8.10. The Morgan fingerprint density at radius 1 is 1.64 bits per heavy atom. The summed E-state index contributed by atoms with van der Waals surface area (Å²) >= 11 is 0. The third kappa shape index (κ3) is 2.54. The van der Waals surface area contributed by atoms with Crippen LogP contribution in [0.3, 0.4) is 0 Å². The molecule has 1 heterocycles. The molecule has 0 saturated carbocycles. The molecular formula is C9H17NO. The minimum Gasteiger partial charge on any atom is -0.486 e. The molecule has 0 amide bonds. The fourth-order valence-corrected chi connectivity index (χ4v) is 1.50. The van der Waals surface area contributed by atoms with E-state index in [2.05, 4.69) is 18.4 Å². The van der Waals surface area contributed by atoms with Crippen LogP contribution in [0, 0.1) is 0 Å². The van der Waals surface area contributed by atoms with Gasteiger partial charge in [0, 0.05) is 12.6 Å². The molecule has 1 fully saturated rings. The number of ether oxygens (including phenoxy) is 1. The Labute approximate surface area is 68.8 Å². The molecule has 0 aliphatic carbocycles. The van der Waals surface area contributed by atoms with E-state index in [0.717, 1.165) is 0 Å². The summed E-state index contributed by atoms with van der Waals surface area (Å²) in [5.74, 6) is 0. The Morgan fingerprint density at radius 3 is 3.09 bits per heavy atom. The Morgan fingerprint density at radius 2 is 2.45 bits per heavy atom. The predicted molar refractivity (Wildman–Crippen MR) is 46.2 cm³/mol. The van der Waals surface area contributed by atoms with Crippen LogP contribution in [0.1, 0.15) is 26.2 Å². The van der Waals surface area contributed by atoms with E-state index in [-0.39, 0.29) is 0 Å². The van der Waals surface area contributed by atoms with Crippen LogP contribution in [-0.2, 0) is 4.74 Å². The molecule has 0 aromatic heterocycles. The lowest BCUT2D eigenvalue weighted by molar-refractivity contribution is 0.0412. The van der Waals surface area contributed by atoms with E-state index in [0.29, 0.717) is 12.8 Å². The molecule has 0 radical (unpaired) electrons. The van der Waals surface area contributed by atoms with Gasteiger partial charge < -0.3 is 4.74 Å². The van der Waals surface area contributed by atoms with Gasteiger partial charge in [-0.15, -0.1) is 0 Å². The van der Waals surface area contributed by atoms with Crippen LogP contribution < -0.4 is 0 Å². The van der Waals surface area contributed by atoms with Crippen LogP contribution in [0.25, 0.3) is 0 Å². The fraction of sp³-hybridized carbons (Fsp3) is 0.778. The van der Waals surface area contributed by atoms with Crippen molar-refractivity contribution in [3.63, 3.8) is 0 Å². The van der Waals surface area contributed by atoms with Gasteiger partial charge in [0.15, 0.2) is 0 Å². The lowest BCUT2D eigenvalue weighted by Crippen LogP contribution is -2.38. The molecule has 1 atom stereocenters. The minimum absolute atomic E-state index is 0.684. The summed E-state index contributed by atoms with van der Waals surface area (Å²) in [7, 11) is 0. The van der Waals surface area contributed by atoms with Crippen LogP contribution in [-0.4, -0.2) is 24.2 Å². The van der Waals surface area contributed by atoms with E-state index in [4.69, 9.17) is 4.74 Å². The summed E-state index contributed by atoms with van der Waals surface area (Å²) in [5.41, 5.74) is 0. The third-order valence-corrected chi connectivity index (χ3v) is 2.30. The molecule has 2 heteroatoms. The molecule has 1 rings (SSSR count). The molecule has 2 nitrogen and oxygen atoms in total. The van der Waals surface area contributed by atoms with Gasteiger partial charge in [-0.1, -0.05) is 13.0 Å². The van der Waals surface area contributed by atoms with Gasteiger partial charge in [0.1, 0.15) is 6.73 Å². The third-order valence-electron chi connectivity index (χ3n) is 2.30. The maximum Gasteiger partial charge on any atom is 0.141 e. The van der Waals surface area contributed by atoms with Crippen molar-refractivity contribution in [2.45, 2.75) is 32.2 Å². The Bertz CT molecular complexity index is 125. The molecule has 0 bridgehead atoms. The van der Waals surface area contributed by atoms with Crippen LogP contribution in [0.15, 0.2) is 12.8 Å². The van der Waals surface area contributed by atoms with Crippen molar-refractivity contribution in [1.82, 2.24) is 4.90 Å². The average Bonchev–Trinajstić information content (AvgIpc) is 2.03. The number of nitrogens with zero attached hydrogens (tertiary/aromatic N) is 1. The number of hydrogen-bond acceptors (Lipinski definition) is 2. The smallest absolute Gasteiger partial charge is 0.141 e. The van der Waals surface area contributed by atoms with Crippen molar-refractivity contribution in [3.05, 3.63) is 12.8 Å².